The Kier molecular flexibility index (Phi) is 4.04. The number of carbonyl (C=O) groups excluding carboxylic acids is 1. The van der Waals surface area contributed by atoms with Crippen LogP contribution in [0.15, 0.2) is 30.3 Å². The molecule has 1 saturated heterocycles. The van der Waals surface area contributed by atoms with Gasteiger partial charge in [-0.05, 0) is 11.5 Å². The number of carbonyl (C=O) groups is 1. The third-order valence-corrected chi connectivity index (χ3v) is 3.33. The van der Waals surface area contributed by atoms with Crippen LogP contribution in [-0.4, -0.2) is 29.6 Å². The molecule has 1 N–H and O–H groups in total. The molecular formula is C14H17F3N2O. The van der Waals surface area contributed by atoms with Gasteiger partial charge in [0.15, 0.2) is 0 Å². The van der Waals surface area contributed by atoms with Crippen molar-refractivity contribution in [1.29, 1.82) is 0 Å². The van der Waals surface area contributed by atoms with Gasteiger partial charge in [0.05, 0.1) is 6.04 Å². The van der Waals surface area contributed by atoms with Crippen LogP contribution in [0.3, 0.4) is 0 Å². The molecule has 1 aliphatic heterocycles. The first-order chi connectivity index (χ1) is 9.29. The molecule has 2 rings (SSSR count). The van der Waals surface area contributed by atoms with E-state index < -0.39 is 30.8 Å². The summed E-state index contributed by atoms with van der Waals surface area (Å²) >= 11 is 0. The van der Waals surface area contributed by atoms with Gasteiger partial charge >= 0.3 is 6.18 Å². The molecule has 110 valence electrons. The minimum atomic E-state index is -4.41. The zero-order valence-corrected chi connectivity index (χ0v) is 11.3. The van der Waals surface area contributed by atoms with Gasteiger partial charge in [0.2, 0.25) is 5.91 Å². The van der Waals surface area contributed by atoms with Crippen molar-refractivity contribution in [1.82, 2.24) is 10.2 Å². The number of hydrogen-bond acceptors (Lipinski definition) is 2. The fourth-order valence-electron chi connectivity index (χ4n) is 2.39. The molecule has 1 amide bonds. The van der Waals surface area contributed by atoms with Gasteiger partial charge in [0.25, 0.3) is 0 Å². The van der Waals surface area contributed by atoms with Crippen molar-refractivity contribution >= 4 is 5.91 Å². The molecular weight excluding hydrogens is 269 g/mol. The Morgan fingerprint density at radius 3 is 2.35 bits per heavy atom. The lowest BCUT2D eigenvalue weighted by molar-refractivity contribution is -0.162. The van der Waals surface area contributed by atoms with Crippen LogP contribution in [0.1, 0.15) is 25.6 Å². The summed E-state index contributed by atoms with van der Waals surface area (Å²) in [5.74, 6) is -0.557. The summed E-state index contributed by atoms with van der Waals surface area (Å²) in [6.07, 6.45) is -5.13. The average Bonchev–Trinajstić information content (AvgIpc) is 2.67. The number of halogens is 3. The highest BCUT2D eigenvalue weighted by Gasteiger charge is 2.45. The van der Waals surface area contributed by atoms with Gasteiger partial charge < -0.3 is 4.90 Å². The van der Waals surface area contributed by atoms with Crippen LogP contribution < -0.4 is 5.32 Å². The van der Waals surface area contributed by atoms with E-state index in [1.165, 1.54) is 0 Å². The Morgan fingerprint density at radius 2 is 1.85 bits per heavy atom. The smallest absolute Gasteiger partial charge is 0.312 e. The topological polar surface area (TPSA) is 32.3 Å². The first kappa shape index (κ1) is 14.8. The van der Waals surface area contributed by atoms with Crippen LogP contribution in [0, 0.1) is 5.92 Å². The monoisotopic (exact) mass is 286 g/mol. The zero-order chi connectivity index (χ0) is 14.9. The van der Waals surface area contributed by atoms with E-state index in [0.29, 0.717) is 5.56 Å². The lowest BCUT2D eigenvalue weighted by Gasteiger charge is -2.25. The summed E-state index contributed by atoms with van der Waals surface area (Å²) in [6, 6.07) is 8.14. The van der Waals surface area contributed by atoms with Gasteiger partial charge in [0.1, 0.15) is 12.7 Å². The van der Waals surface area contributed by atoms with Gasteiger partial charge in [-0.15, -0.1) is 0 Å². The van der Waals surface area contributed by atoms with Crippen LogP contribution >= 0.6 is 0 Å². The van der Waals surface area contributed by atoms with Gasteiger partial charge in [-0.25, -0.2) is 0 Å². The van der Waals surface area contributed by atoms with Crippen molar-refractivity contribution in [3.8, 4) is 0 Å². The number of alkyl halides is 3. The summed E-state index contributed by atoms with van der Waals surface area (Å²) in [7, 11) is 0. The second kappa shape index (κ2) is 5.44. The molecule has 0 saturated carbocycles. The van der Waals surface area contributed by atoms with Crippen LogP contribution in [-0.2, 0) is 4.79 Å². The molecule has 1 aromatic carbocycles. The predicted molar refractivity (Wildman–Crippen MR) is 68.7 cm³/mol. The number of amides is 1. The predicted octanol–water partition coefficient (Wildman–Crippen LogP) is 2.70. The first-order valence-corrected chi connectivity index (χ1v) is 6.48. The van der Waals surface area contributed by atoms with Crippen molar-refractivity contribution in [3.05, 3.63) is 35.9 Å². The van der Waals surface area contributed by atoms with Crippen molar-refractivity contribution in [3.63, 3.8) is 0 Å². The molecule has 1 aromatic rings. The number of hydrogen-bond donors (Lipinski definition) is 1. The molecule has 0 radical (unpaired) electrons. The van der Waals surface area contributed by atoms with E-state index >= 15 is 0 Å². The maximum Gasteiger partial charge on any atom is 0.406 e. The first-order valence-electron chi connectivity index (χ1n) is 6.48. The van der Waals surface area contributed by atoms with E-state index in [0.717, 1.165) is 4.90 Å². The van der Waals surface area contributed by atoms with E-state index in [-0.39, 0.29) is 5.92 Å². The third-order valence-electron chi connectivity index (χ3n) is 3.33. The fraction of sp³-hybridized carbons (Fsp3) is 0.500. The molecule has 2 unspecified atom stereocenters. The number of benzene rings is 1. The number of nitrogens with one attached hydrogen (secondary N) is 1. The summed E-state index contributed by atoms with van der Waals surface area (Å²) < 4.78 is 38.0. The second-order valence-electron chi connectivity index (χ2n) is 5.28. The highest BCUT2D eigenvalue weighted by atomic mass is 19.4. The lowest BCUT2D eigenvalue weighted by atomic mass is 10.1. The quantitative estimate of drug-likeness (QED) is 0.926. The van der Waals surface area contributed by atoms with Gasteiger partial charge in [-0.3, -0.25) is 10.1 Å². The van der Waals surface area contributed by atoms with E-state index in [4.69, 9.17) is 0 Å². The molecule has 20 heavy (non-hydrogen) atoms. The Bertz CT molecular complexity index is 473. The van der Waals surface area contributed by atoms with E-state index in [9.17, 15) is 18.0 Å². The van der Waals surface area contributed by atoms with Crippen molar-refractivity contribution in [2.75, 3.05) is 6.54 Å². The molecule has 2 atom stereocenters. The van der Waals surface area contributed by atoms with E-state index in [1.807, 2.05) is 13.8 Å². The number of nitrogens with zero attached hydrogens (tertiary/aromatic N) is 1. The Morgan fingerprint density at radius 1 is 1.25 bits per heavy atom. The summed E-state index contributed by atoms with van der Waals surface area (Å²) in [4.78, 5) is 13.0. The molecule has 3 nitrogen and oxygen atoms in total. The average molecular weight is 286 g/mol. The molecule has 1 heterocycles. The van der Waals surface area contributed by atoms with Crippen LogP contribution in [0.2, 0.25) is 0 Å². The largest absolute Gasteiger partial charge is 0.406 e. The van der Waals surface area contributed by atoms with Crippen LogP contribution in [0.4, 0.5) is 13.2 Å². The number of rotatable bonds is 3. The Balaban J connectivity index is 2.30. The minimum absolute atomic E-state index is 0.0630. The third kappa shape index (κ3) is 3.12. The zero-order valence-electron chi connectivity index (χ0n) is 11.3. The second-order valence-corrected chi connectivity index (χ2v) is 5.28. The van der Waals surface area contributed by atoms with Gasteiger partial charge in [-0.2, -0.15) is 13.2 Å². The van der Waals surface area contributed by atoms with Crippen molar-refractivity contribution in [2.45, 2.75) is 32.2 Å². The highest BCUT2D eigenvalue weighted by molar-refractivity contribution is 5.84. The van der Waals surface area contributed by atoms with Crippen molar-refractivity contribution in [2.24, 2.45) is 5.92 Å². The molecule has 0 bridgehead atoms. The summed E-state index contributed by atoms with van der Waals surface area (Å²) in [5, 5.41) is 3.01. The molecule has 0 aliphatic carbocycles. The van der Waals surface area contributed by atoms with E-state index in [2.05, 4.69) is 5.32 Å². The summed E-state index contributed by atoms with van der Waals surface area (Å²) in [6.45, 7) is 2.39. The fourth-order valence-corrected chi connectivity index (χ4v) is 2.39. The van der Waals surface area contributed by atoms with Crippen molar-refractivity contribution < 1.29 is 18.0 Å². The lowest BCUT2D eigenvalue weighted by Crippen LogP contribution is -2.39. The summed E-state index contributed by atoms with van der Waals surface area (Å²) in [5.41, 5.74) is 0.660. The van der Waals surface area contributed by atoms with Crippen LogP contribution in [0.25, 0.3) is 0 Å². The normalized spacial score (nSPS) is 23.7. The Labute approximate surface area is 115 Å². The maximum atomic E-state index is 12.7. The minimum Gasteiger partial charge on any atom is -0.312 e. The molecule has 1 aliphatic rings. The van der Waals surface area contributed by atoms with Gasteiger partial charge in [-0.1, -0.05) is 44.2 Å². The maximum absolute atomic E-state index is 12.7. The van der Waals surface area contributed by atoms with E-state index in [1.54, 1.807) is 30.3 Å². The highest BCUT2D eigenvalue weighted by Crippen LogP contribution is 2.31. The molecule has 1 fully saturated rings. The van der Waals surface area contributed by atoms with Gasteiger partial charge in [0, 0.05) is 0 Å². The molecule has 0 spiro atoms. The standard InChI is InChI=1S/C14H17F3N2O/c1-9(2)11-13(20)19(8-14(15,16)17)12(18-11)10-6-4-3-5-7-10/h3-7,9,11-12,18H,8H2,1-2H3. The SMILES string of the molecule is CC(C)C1NC(c2ccccc2)N(CC(F)(F)F)C1=O. The molecule has 6 heteroatoms. The Hall–Kier alpha value is -1.56. The molecule has 0 aromatic heterocycles. The van der Waals surface area contributed by atoms with Crippen LogP contribution in [0.5, 0.6) is 0 Å².